The van der Waals surface area contributed by atoms with Gasteiger partial charge in [-0.2, -0.15) is 0 Å². The van der Waals surface area contributed by atoms with Crippen LogP contribution in [-0.4, -0.2) is 58.6 Å². The van der Waals surface area contributed by atoms with Crippen molar-refractivity contribution in [3.63, 3.8) is 0 Å². The summed E-state index contributed by atoms with van der Waals surface area (Å²) in [6.45, 7) is -0.279. The molecule has 44 heavy (non-hydrogen) atoms. The fourth-order valence-electron chi connectivity index (χ4n) is 4.71. The van der Waals surface area contributed by atoms with E-state index in [0.717, 1.165) is 32.6 Å². The molecular weight excluding hydrogens is 596 g/mol. The van der Waals surface area contributed by atoms with Gasteiger partial charge in [-0.15, -0.1) is 21.5 Å². The number of methoxy groups -OCH3 is 1. The zero-order chi connectivity index (χ0) is 31.5. The first-order valence-electron chi connectivity index (χ1n) is 13.1. The van der Waals surface area contributed by atoms with E-state index in [9.17, 15) is 23.2 Å². The van der Waals surface area contributed by atoms with Crippen molar-refractivity contribution in [1.82, 2.24) is 29.7 Å². The Balaban J connectivity index is 1.87. The smallest absolute Gasteiger partial charge is 0.343 e. The third-order valence-corrected chi connectivity index (χ3v) is 7.89. The summed E-state index contributed by atoms with van der Waals surface area (Å²) in [6.07, 6.45) is 0. The topological polar surface area (TPSA) is 133 Å². The van der Waals surface area contributed by atoms with Gasteiger partial charge in [-0.1, -0.05) is 24.3 Å². The van der Waals surface area contributed by atoms with Gasteiger partial charge in [0.25, 0.3) is 5.56 Å². The molecule has 0 aliphatic heterocycles. The standard InChI is InChI=1S/C29H27F2N7O5S/c1-36(2)14-18-24-26(39)38(22-12-13-23(42-3)34-33-22)29(41)37(15-17-19(30)9-7-10-20(17)31)27(24)44-25(18)16-8-5-6-11-21(16)32-28(40)35-43-4/h5-13H,14-15H2,1-4H3,(H2,32,35,40). The van der Waals surface area contributed by atoms with Crippen LogP contribution in [0, 0.1) is 11.6 Å². The van der Waals surface area contributed by atoms with Gasteiger partial charge >= 0.3 is 11.7 Å². The summed E-state index contributed by atoms with van der Waals surface area (Å²) in [6, 6.07) is 12.5. The van der Waals surface area contributed by atoms with E-state index < -0.39 is 35.5 Å². The number of nitrogens with zero attached hydrogens (tertiary/aromatic N) is 5. The number of fused-ring (bicyclic) bond motifs is 1. The summed E-state index contributed by atoms with van der Waals surface area (Å²) in [4.78, 5) is 47.9. The van der Waals surface area contributed by atoms with Gasteiger partial charge in [0.2, 0.25) is 5.88 Å². The zero-order valence-electron chi connectivity index (χ0n) is 24.1. The highest BCUT2D eigenvalue weighted by Crippen LogP contribution is 2.41. The van der Waals surface area contributed by atoms with Crippen molar-refractivity contribution in [1.29, 1.82) is 0 Å². The second kappa shape index (κ2) is 12.7. The number of anilines is 1. The summed E-state index contributed by atoms with van der Waals surface area (Å²) in [5.74, 6) is -1.65. The van der Waals surface area contributed by atoms with Crippen LogP contribution >= 0.6 is 11.3 Å². The lowest BCUT2D eigenvalue weighted by Crippen LogP contribution is -2.39. The molecule has 0 saturated heterocycles. The van der Waals surface area contributed by atoms with Gasteiger partial charge < -0.3 is 15.0 Å². The molecule has 2 N–H and O–H groups in total. The molecule has 0 unspecified atom stereocenters. The Morgan fingerprint density at radius 1 is 0.977 bits per heavy atom. The molecule has 0 atom stereocenters. The molecule has 15 heteroatoms. The molecule has 0 bridgehead atoms. The fourth-order valence-corrected chi connectivity index (χ4v) is 6.04. The first-order chi connectivity index (χ1) is 21.1. The molecule has 0 saturated carbocycles. The Labute approximate surface area is 253 Å². The van der Waals surface area contributed by atoms with Crippen molar-refractivity contribution in [3.8, 4) is 22.1 Å². The third kappa shape index (κ3) is 5.79. The van der Waals surface area contributed by atoms with Gasteiger partial charge in [-0.05, 0) is 43.9 Å². The van der Waals surface area contributed by atoms with Crippen molar-refractivity contribution >= 4 is 33.3 Å². The highest BCUT2D eigenvalue weighted by Gasteiger charge is 2.26. The number of hydrogen-bond acceptors (Lipinski definition) is 9. The van der Waals surface area contributed by atoms with E-state index in [1.807, 2.05) is 19.0 Å². The number of aromatic nitrogens is 4. The number of thiophene rings is 1. The number of carbonyl (C=O) groups excluding carboxylic acids is 1. The van der Waals surface area contributed by atoms with Crippen LogP contribution < -0.4 is 26.8 Å². The maximum absolute atomic E-state index is 14.9. The predicted molar refractivity (Wildman–Crippen MR) is 161 cm³/mol. The van der Waals surface area contributed by atoms with Crippen molar-refractivity contribution in [3.05, 3.63) is 98.2 Å². The van der Waals surface area contributed by atoms with Crippen molar-refractivity contribution in [2.24, 2.45) is 0 Å². The van der Waals surface area contributed by atoms with Crippen LogP contribution in [0.5, 0.6) is 5.88 Å². The van der Waals surface area contributed by atoms with Gasteiger partial charge in [0.05, 0.1) is 31.8 Å². The molecular formula is C29H27F2N7O5S. The maximum Gasteiger partial charge on any atom is 0.343 e. The Morgan fingerprint density at radius 2 is 1.70 bits per heavy atom. The van der Waals surface area contributed by atoms with Crippen LogP contribution in [-0.2, 0) is 17.9 Å². The number of nitrogens with one attached hydrogen (secondary N) is 2. The van der Waals surface area contributed by atoms with E-state index in [4.69, 9.17) is 9.57 Å². The molecule has 0 radical (unpaired) electrons. The molecule has 0 aliphatic rings. The number of hydrogen-bond donors (Lipinski definition) is 2. The second-order valence-electron chi connectivity index (χ2n) is 9.78. The number of ether oxygens (including phenoxy) is 1. The number of rotatable bonds is 9. The molecule has 228 valence electrons. The lowest BCUT2D eigenvalue weighted by Gasteiger charge is -2.15. The van der Waals surface area contributed by atoms with Crippen LogP contribution in [0.2, 0.25) is 0 Å². The number of hydroxylamine groups is 1. The Morgan fingerprint density at radius 3 is 2.34 bits per heavy atom. The largest absolute Gasteiger partial charge is 0.480 e. The number of carbonyl (C=O) groups is 1. The van der Waals surface area contributed by atoms with E-state index in [1.54, 1.807) is 24.3 Å². The van der Waals surface area contributed by atoms with E-state index >= 15 is 0 Å². The van der Waals surface area contributed by atoms with Crippen LogP contribution in [0.25, 0.3) is 26.5 Å². The number of halogens is 2. The number of amides is 2. The lowest BCUT2D eigenvalue weighted by atomic mass is 10.0. The van der Waals surface area contributed by atoms with Crippen molar-refractivity contribution in [2.45, 2.75) is 13.1 Å². The van der Waals surface area contributed by atoms with Crippen LogP contribution in [0.3, 0.4) is 0 Å². The number of benzene rings is 2. The summed E-state index contributed by atoms with van der Waals surface area (Å²) in [7, 11) is 6.30. The summed E-state index contributed by atoms with van der Waals surface area (Å²) in [5, 5.41) is 10.8. The Bertz CT molecular complexity index is 1950. The third-order valence-electron chi connectivity index (χ3n) is 6.60. The van der Waals surface area contributed by atoms with E-state index in [0.29, 0.717) is 21.7 Å². The normalized spacial score (nSPS) is 11.2. The second-order valence-corrected chi connectivity index (χ2v) is 10.8. The average molecular weight is 624 g/mol. The van der Waals surface area contributed by atoms with Crippen molar-refractivity contribution in [2.75, 3.05) is 33.6 Å². The van der Waals surface area contributed by atoms with Gasteiger partial charge in [0.1, 0.15) is 16.5 Å². The fraction of sp³-hybridized carbons (Fsp3) is 0.207. The molecule has 0 aliphatic carbocycles. The van der Waals surface area contributed by atoms with Crippen LogP contribution in [0.15, 0.2) is 64.2 Å². The Hall–Kier alpha value is -4.99. The van der Waals surface area contributed by atoms with Gasteiger partial charge in [-0.25, -0.2) is 28.4 Å². The minimum absolute atomic E-state index is 0.104. The zero-order valence-corrected chi connectivity index (χ0v) is 24.9. The molecule has 5 rings (SSSR count). The number of para-hydroxylation sites is 1. The van der Waals surface area contributed by atoms with Crippen LogP contribution in [0.4, 0.5) is 19.3 Å². The average Bonchev–Trinajstić information content (AvgIpc) is 3.35. The van der Waals surface area contributed by atoms with E-state index in [1.165, 1.54) is 32.4 Å². The SMILES string of the molecule is CONC(=O)Nc1ccccc1-c1sc2c(c1CN(C)C)c(=O)n(-c1ccc(OC)nn1)c(=O)n2Cc1c(F)cccc1F. The summed E-state index contributed by atoms with van der Waals surface area (Å²) in [5.41, 5.74) is 1.73. The molecule has 12 nitrogen and oxygen atoms in total. The highest BCUT2D eigenvalue weighted by atomic mass is 32.1. The van der Waals surface area contributed by atoms with E-state index in [-0.39, 0.29) is 34.0 Å². The molecule has 5 aromatic rings. The first kappa shape index (κ1) is 30.5. The van der Waals surface area contributed by atoms with Crippen molar-refractivity contribution < 1.29 is 23.1 Å². The quantitative estimate of drug-likeness (QED) is 0.237. The van der Waals surface area contributed by atoms with Gasteiger partial charge in [0.15, 0.2) is 5.82 Å². The van der Waals surface area contributed by atoms with Gasteiger partial charge in [0, 0.05) is 28.6 Å². The lowest BCUT2D eigenvalue weighted by molar-refractivity contribution is 0.114. The van der Waals surface area contributed by atoms with Gasteiger partial charge in [-0.3, -0.25) is 14.2 Å². The summed E-state index contributed by atoms with van der Waals surface area (Å²) >= 11 is 1.09. The molecule has 0 spiro atoms. The molecule has 3 heterocycles. The number of urea groups is 1. The Kier molecular flexibility index (Phi) is 8.80. The maximum atomic E-state index is 14.9. The molecule has 0 fully saturated rings. The minimum Gasteiger partial charge on any atom is -0.480 e. The predicted octanol–water partition coefficient (Wildman–Crippen LogP) is 3.75. The summed E-state index contributed by atoms with van der Waals surface area (Å²) < 4.78 is 36.8. The minimum atomic E-state index is -0.875. The molecule has 3 aromatic heterocycles. The molecule has 2 aromatic carbocycles. The van der Waals surface area contributed by atoms with E-state index in [2.05, 4.69) is 21.0 Å². The highest BCUT2D eigenvalue weighted by molar-refractivity contribution is 7.22. The van der Waals surface area contributed by atoms with Crippen LogP contribution in [0.1, 0.15) is 11.1 Å². The first-order valence-corrected chi connectivity index (χ1v) is 13.9. The molecule has 2 amide bonds. The monoisotopic (exact) mass is 623 g/mol.